The van der Waals surface area contributed by atoms with E-state index < -0.39 is 0 Å². The number of hydrogen-bond donors (Lipinski definition) is 1. The Balaban J connectivity index is 2.25. The van der Waals surface area contributed by atoms with Crippen molar-refractivity contribution in [3.63, 3.8) is 0 Å². The summed E-state index contributed by atoms with van der Waals surface area (Å²) in [5, 5.41) is 12.0. The highest BCUT2D eigenvalue weighted by molar-refractivity contribution is 7.11. The fourth-order valence-electron chi connectivity index (χ4n) is 1.50. The van der Waals surface area contributed by atoms with Crippen molar-refractivity contribution < 1.29 is 9.90 Å². The number of thiophene rings is 1. The van der Waals surface area contributed by atoms with Crippen LogP contribution >= 0.6 is 22.9 Å². The Kier molecular flexibility index (Phi) is 3.84. The van der Waals surface area contributed by atoms with Gasteiger partial charge in [0.2, 0.25) is 0 Å². The summed E-state index contributed by atoms with van der Waals surface area (Å²) in [7, 11) is 0. The average Bonchev–Trinajstić information content (AvgIpc) is 2.75. The maximum Gasteiger partial charge on any atom is 0.189 e. The summed E-state index contributed by atoms with van der Waals surface area (Å²) >= 11 is 7.37. The summed E-state index contributed by atoms with van der Waals surface area (Å²) < 4.78 is 0. The number of hydrogen-bond acceptors (Lipinski definition) is 3. The molecule has 1 aromatic carbocycles. The predicted octanol–water partition coefficient (Wildman–Crippen LogP) is 4.31. The number of benzene rings is 1. The Morgan fingerprint density at radius 3 is 2.83 bits per heavy atom. The minimum absolute atomic E-state index is 0.0584. The average molecular weight is 279 g/mol. The maximum atomic E-state index is 11.9. The third-order valence-corrected chi connectivity index (χ3v) is 3.73. The molecular formula is C14H11ClO2S. The molecule has 0 aliphatic heterocycles. The molecule has 0 saturated carbocycles. The fraction of sp³-hybridized carbons (Fsp3) is 0.0714. The van der Waals surface area contributed by atoms with Crippen LogP contribution in [-0.4, -0.2) is 10.9 Å². The number of aromatic hydroxyl groups is 1. The van der Waals surface area contributed by atoms with Gasteiger partial charge in [0.1, 0.15) is 5.75 Å². The van der Waals surface area contributed by atoms with Crippen molar-refractivity contribution in [2.75, 3.05) is 0 Å². The lowest BCUT2D eigenvalue weighted by Gasteiger charge is -2.00. The van der Waals surface area contributed by atoms with E-state index in [1.165, 1.54) is 18.2 Å². The molecular weight excluding hydrogens is 268 g/mol. The standard InChI is InChI=1S/C14H11ClO2S/c1-9-6-7-18-14(9)5-4-13(17)11-8-10(15)2-3-12(11)16/h2-8,16H,1H3/b5-4+. The Morgan fingerprint density at radius 1 is 1.39 bits per heavy atom. The molecule has 1 aromatic heterocycles. The van der Waals surface area contributed by atoms with E-state index in [0.29, 0.717) is 5.02 Å². The SMILES string of the molecule is Cc1ccsc1/C=C/C(=O)c1cc(Cl)ccc1O. The van der Waals surface area contributed by atoms with Crippen molar-refractivity contribution in [1.82, 2.24) is 0 Å². The van der Waals surface area contributed by atoms with Crippen LogP contribution in [-0.2, 0) is 0 Å². The van der Waals surface area contributed by atoms with Crippen LogP contribution in [0, 0.1) is 6.92 Å². The highest BCUT2D eigenvalue weighted by atomic mass is 35.5. The Hall–Kier alpha value is -1.58. The number of carbonyl (C=O) groups excluding carboxylic acids is 1. The largest absolute Gasteiger partial charge is 0.507 e. The number of aryl methyl sites for hydroxylation is 1. The van der Waals surface area contributed by atoms with Crippen LogP contribution in [0.15, 0.2) is 35.7 Å². The topological polar surface area (TPSA) is 37.3 Å². The third kappa shape index (κ3) is 2.81. The summed E-state index contributed by atoms with van der Waals surface area (Å²) in [5.41, 5.74) is 1.34. The van der Waals surface area contributed by atoms with Crippen molar-refractivity contribution in [1.29, 1.82) is 0 Å². The third-order valence-electron chi connectivity index (χ3n) is 2.51. The van der Waals surface area contributed by atoms with Crippen LogP contribution < -0.4 is 0 Å². The van der Waals surface area contributed by atoms with Crippen molar-refractivity contribution in [3.05, 3.63) is 56.7 Å². The predicted molar refractivity (Wildman–Crippen MR) is 75.5 cm³/mol. The highest BCUT2D eigenvalue weighted by Gasteiger charge is 2.08. The van der Waals surface area contributed by atoms with Gasteiger partial charge in [-0.3, -0.25) is 4.79 Å². The molecule has 1 heterocycles. The van der Waals surface area contributed by atoms with E-state index >= 15 is 0 Å². The molecule has 0 unspecified atom stereocenters. The van der Waals surface area contributed by atoms with Crippen LogP contribution in [0.4, 0.5) is 0 Å². The zero-order chi connectivity index (χ0) is 13.1. The van der Waals surface area contributed by atoms with E-state index in [1.54, 1.807) is 23.5 Å². The molecule has 18 heavy (non-hydrogen) atoms. The molecule has 4 heteroatoms. The molecule has 2 rings (SSSR count). The van der Waals surface area contributed by atoms with Gasteiger partial charge in [-0.2, -0.15) is 0 Å². The molecule has 0 spiro atoms. The summed E-state index contributed by atoms with van der Waals surface area (Å²) in [5.74, 6) is -0.320. The van der Waals surface area contributed by atoms with E-state index in [0.717, 1.165) is 10.4 Å². The van der Waals surface area contributed by atoms with Gasteiger partial charge >= 0.3 is 0 Å². The van der Waals surface area contributed by atoms with Gasteiger partial charge in [-0.05, 0) is 54.3 Å². The van der Waals surface area contributed by atoms with Crippen LogP contribution in [0.1, 0.15) is 20.8 Å². The maximum absolute atomic E-state index is 11.9. The normalized spacial score (nSPS) is 11.0. The zero-order valence-corrected chi connectivity index (χ0v) is 11.3. The molecule has 0 atom stereocenters. The van der Waals surface area contributed by atoms with Gasteiger partial charge in [0.25, 0.3) is 0 Å². The Labute approximate surface area is 114 Å². The van der Waals surface area contributed by atoms with Gasteiger partial charge in [-0.15, -0.1) is 11.3 Å². The number of halogens is 1. The first kappa shape index (κ1) is 12.9. The van der Waals surface area contributed by atoms with Gasteiger partial charge in [-0.1, -0.05) is 11.6 Å². The number of rotatable bonds is 3. The molecule has 92 valence electrons. The number of phenols is 1. The quantitative estimate of drug-likeness (QED) is 0.671. The lowest BCUT2D eigenvalue weighted by atomic mass is 10.1. The summed E-state index contributed by atoms with van der Waals surface area (Å²) in [6.07, 6.45) is 3.20. The van der Waals surface area contributed by atoms with E-state index in [1.807, 2.05) is 18.4 Å². The molecule has 2 nitrogen and oxygen atoms in total. The van der Waals surface area contributed by atoms with Crippen LogP contribution in [0.2, 0.25) is 5.02 Å². The number of ketones is 1. The molecule has 2 aromatic rings. The van der Waals surface area contributed by atoms with Crippen molar-refractivity contribution >= 4 is 34.8 Å². The van der Waals surface area contributed by atoms with Gasteiger partial charge in [0.05, 0.1) is 5.56 Å². The number of carbonyl (C=O) groups is 1. The first-order valence-corrected chi connectivity index (χ1v) is 6.58. The van der Waals surface area contributed by atoms with Crippen LogP contribution in [0.3, 0.4) is 0 Å². The molecule has 0 saturated heterocycles. The van der Waals surface area contributed by atoms with Crippen molar-refractivity contribution in [3.8, 4) is 5.75 Å². The van der Waals surface area contributed by atoms with Crippen molar-refractivity contribution in [2.45, 2.75) is 6.92 Å². The molecule has 0 aliphatic carbocycles. The lowest BCUT2D eigenvalue weighted by Crippen LogP contribution is -1.94. The molecule has 1 N–H and O–H groups in total. The van der Waals surface area contributed by atoms with E-state index in [2.05, 4.69) is 0 Å². The van der Waals surface area contributed by atoms with E-state index in [9.17, 15) is 9.90 Å². The molecule has 0 amide bonds. The highest BCUT2D eigenvalue weighted by Crippen LogP contribution is 2.23. The first-order valence-electron chi connectivity index (χ1n) is 5.33. The molecule has 0 radical (unpaired) electrons. The van der Waals surface area contributed by atoms with Crippen LogP contribution in [0.25, 0.3) is 6.08 Å². The minimum atomic E-state index is -0.261. The van der Waals surface area contributed by atoms with Gasteiger partial charge in [0.15, 0.2) is 5.78 Å². The molecule has 0 bridgehead atoms. The lowest BCUT2D eigenvalue weighted by molar-refractivity contribution is 0.104. The fourth-order valence-corrected chi connectivity index (χ4v) is 2.49. The van der Waals surface area contributed by atoms with Crippen molar-refractivity contribution in [2.24, 2.45) is 0 Å². The molecule has 0 aliphatic rings. The monoisotopic (exact) mass is 278 g/mol. The number of phenolic OH excluding ortho intramolecular Hbond substituents is 1. The second kappa shape index (κ2) is 5.38. The van der Waals surface area contributed by atoms with Gasteiger partial charge in [-0.25, -0.2) is 0 Å². The second-order valence-electron chi connectivity index (χ2n) is 3.83. The first-order chi connectivity index (χ1) is 8.58. The minimum Gasteiger partial charge on any atom is -0.507 e. The van der Waals surface area contributed by atoms with E-state index in [4.69, 9.17) is 11.6 Å². The summed E-state index contributed by atoms with van der Waals surface area (Å²) in [6, 6.07) is 6.41. The van der Waals surface area contributed by atoms with E-state index in [-0.39, 0.29) is 17.1 Å². The smallest absolute Gasteiger partial charge is 0.189 e. The Morgan fingerprint density at radius 2 is 2.17 bits per heavy atom. The van der Waals surface area contributed by atoms with Crippen LogP contribution in [0.5, 0.6) is 5.75 Å². The van der Waals surface area contributed by atoms with Gasteiger partial charge in [0, 0.05) is 9.90 Å². The summed E-state index contributed by atoms with van der Waals surface area (Å²) in [4.78, 5) is 13.0. The molecule has 0 fully saturated rings. The Bertz CT molecular complexity index is 614. The van der Waals surface area contributed by atoms with Gasteiger partial charge < -0.3 is 5.11 Å². The summed E-state index contributed by atoms with van der Waals surface area (Å²) in [6.45, 7) is 1.98. The number of allylic oxidation sites excluding steroid dienone is 1. The second-order valence-corrected chi connectivity index (χ2v) is 5.21. The zero-order valence-electron chi connectivity index (χ0n) is 9.68.